The molecule has 0 aliphatic rings. The number of aromatic nitrogens is 3. The second-order valence-electron chi connectivity index (χ2n) is 5.23. The van der Waals surface area contributed by atoms with E-state index in [9.17, 15) is 26.3 Å². The second kappa shape index (κ2) is 5.24. The predicted octanol–water partition coefficient (Wildman–Crippen LogP) is 4.44. The van der Waals surface area contributed by atoms with Gasteiger partial charge in [0, 0.05) is 12.6 Å². The van der Waals surface area contributed by atoms with Crippen molar-refractivity contribution in [3.63, 3.8) is 0 Å². The summed E-state index contributed by atoms with van der Waals surface area (Å²) in [5.74, 6) is 0. The fourth-order valence-electron chi connectivity index (χ4n) is 2.48. The van der Waals surface area contributed by atoms with Gasteiger partial charge in [-0.05, 0) is 32.4 Å². The largest absolute Gasteiger partial charge is 0.433 e. The fourth-order valence-corrected chi connectivity index (χ4v) is 2.48. The molecule has 2 heterocycles. The van der Waals surface area contributed by atoms with Gasteiger partial charge in [0.05, 0.1) is 17.0 Å². The van der Waals surface area contributed by atoms with Crippen LogP contribution in [0.5, 0.6) is 0 Å². The van der Waals surface area contributed by atoms with Crippen LogP contribution in [0.2, 0.25) is 0 Å². The molecule has 0 aliphatic carbocycles. The fraction of sp³-hybridized carbons (Fsp3) is 0.429. The van der Waals surface area contributed by atoms with Crippen LogP contribution >= 0.6 is 0 Å². The molecule has 0 radical (unpaired) electrons. The van der Waals surface area contributed by atoms with Crippen LogP contribution in [0.15, 0.2) is 6.07 Å². The van der Waals surface area contributed by atoms with Gasteiger partial charge in [-0.2, -0.15) is 31.4 Å². The summed E-state index contributed by atoms with van der Waals surface area (Å²) in [6.45, 7) is 3.74. The van der Waals surface area contributed by atoms with Crippen LogP contribution in [-0.2, 0) is 19.4 Å². The molecule has 0 saturated carbocycles. The Bertz CT molecular complexity index is 755. The average Bonchev–Trinajstić information content (AvgIpc) is 2.65. The molecule has 0 spiro atoms. The molecular formula is C14H13F6N3. The Labute approximate surface area is 127 Å². The summed E-state index contributed by atoms with van der Waals surface area (Å²) in [6, 6.07) is 0.874. The molecule has 0 bridgehead atoms. The molecule has 2 aromatic rings. The SMILES string of the molecule is Cc1cc(C(F)(F)F)c(C)nc1-c1nn(C)c(C(F)(F)F)c1C. The number of aryl methyl sites for hydroxylation is 3. The van der Waals surface area contributed by atoms with E-state index in [0.29, 0.717) is 4.68 Å². The molecule has 0 N–H and O–H groups in total. The number of hydrogen-bond donors (Lipinski definition) is 0. The number of hydrogen-bond acceptors (Lipinski definition) is 2. The molecule has 0 aromatic carbocycles. The molecule has 0 amide bonds. The summed E-state index contributed by atoms with van der Waals surface area (Å²) in [5.41, 5.74) is -2.30. The Balaban J connectivity index is 2.68. The zero-order valence-corrected chi connectivity index (χ0v) is 12.7. The monoisotopic (exact) mass is 337 g/mol. The smallest absolute Gasteiger partial charge is 0.263 e. The molecule has 0 fully saturated rings. The third kappa shape index (κ3) is 3.04. The highest BCUT2D eigenvalue weighted by Gasteiger charge is 2.39. The molecule has 2 rings (SSSR count). The van der Waals surface area contributed by atoms with Gasteiger partial charge >= 0.3 is 12.4 Å². The minimum absolute atomic E-state index is 0.0131. The normalized spacial score (nSPS) is 12.8. The van der Waals surface area contributed by atoms with Crippen molar-refractivity contribution < 1.29 is 26.3 Å². The minimum atomic E-state index is -4.61. The van der Waals surface area contributed by atoms with Gasteiger partial charge < -0.3 is 0 Å². The molecule has 9 heteroatoms. The number of halogens is 6. The van der Waals surface area contributed by atoms with Crippen LogP contribution in [0.1, 0.15) is 28.1 Å². The minimum Gasteiger partial charge on any atom is -0.263 e. The maximum Gasteiger partial charge on any atom is 0.433 e. The van der Waals surface area contributed by atoms with Crippen molar-refractivity contribution in [3.05, 3.63) is 34.1 Å². The lowest BCUT2D eigenvalue weighted by Gasteiger charge is -2.13. The zero-order valence-electron chi connectivity index (χ0n) is 12.7. The molecule has 0 unspecified atom stereocenters. The van der Waals surface area contributed by atoms with Crippen LogP contribution < -0.4 is 0 Å². The van der Waals surface area contributed by atoms with Gasteiger partial charge in [0.1, 0.15) is 11.4 Å². The van der Waals surface area contributed by atoms with E-state index in [1.54, 1.807) is 0 Å². The van der Waals surface area contributed by atoms with Gasteiger partial charge in [-0.3, -0.25) is 9.67 Å². The van der Waals surface area contributed by atoms with Crippen molar-refractivity contribution in [1.82, 2.24) is 14.8 Å². The summed E-state index contributed by atoms with van der Waals surface area (Å²) in [5, 5.41) is 3.79. The maximum atomic E-state index is 13.0. The number of rotatable bonds is 1. The Kier molecular flexibility index (Phi) is 3.94. The summed E-state index contributed by atoms with van der Waals surface area (Å²) in [4.78, 5) is 3.84. The molecule has 23 heavy (non-hydrogen) atoms. The standard InChI is InChI=1S/C14H13F6N3/c1-6-5-9(13(15,16)17)8(3)21-10(6)11-7(2)12(14(18,19)20)23(4)22-11/h5H,1-4H3. The first-order valence-corrected chi connectivity index (χ1v) is 6.50. The van der Waals surface area contributed by atoms with E-state index in [4.69, 9.17) is 0 Å². The lowest BCUT2D eigenvalue weighted by molar-refractivity contribution is -0.144. The molecular weight excluding hydrogens is 324 g/mol. The van der Waals surface area contributed by atoms with Crippen molar-refractivity contribution in [2.24, 2.45) is 7.05 Å². The first kappa shape index (κ1) is 17.3. The Morgan fingerprint density at radius 3 is 1.91 bits per heavy atom. The lowest BCUT2D eigenvalue weighted by Crippen LogP contribution is -2.13. The average molecular weight is 337 g/mol. The first-order valence-electron chi connectivity index (χ1n) is 6.50. The van der Waals surface area contributed by atoms with E-state index in [-0.39, 0.29) is 28.2 Å². The maximum absolute atomic E-state index is 13.0. The van der Waals surface area contributed by atoms with E-state index in [1.807, 2.05) is 0 Å². The number of alkyl halides is 6. The Morgan fingerprint density at radius 2 is 1.48 bits per heavy atom. The quantitative estimate of drug-likeness (QED) is 0.720. The Morgan fingerprint density at radius 1 is 0.913 bits per heavy atom. The van der Waals surface area contributed by atoms with Gasteiger partial charge in [-0.1, -0.05) is 0 Å². The van der Waals surface area contributed by atoms with Crippen molar-refractivity contribution >= 4 is 0 Å². The summed E-state index contributed by atoms with van der Waals surface area (Å²) >= 11 is 0. The zero-order chi connectivity index (χ0) is 17.7. The molecule has 0 saturated heterocycles. The molecule has 0 atom stereocenters. The highest BCUT2D eigenvalue weighted by molar-refractivity contribution is 5.64. The van der Waals surface area contributed by atoms with E-state index in [0.717, 1.165) is 20.0 Å². The van der Waals surface area contributed by atoms with Crippen LogP contribution in [0, 0.1) is 20.8 Å². The molecule has 126 valence electrons. The van der Waals surface area contributed by atoms with Gasteiger partial charge in [0.25, 0.3) is 0 Å². The highest BCUT2D eigenvalue weighted by atomic mass is 19.4. The van der Waals surface area contributed by atoms with Crippen molar-refractivity contribution in [2.75, 3.05) is 0 Å². The van der Waals surface area contributed by atoms with Crippen molar-refractivity contribution in [1.29, 1.82) is 0 Å². The van der Waals surface area contributed by atoms with Crippen molar-refractivity contribution in [2.45, 2.75) is 33.1 Å². The molecule has 2 aromatic heterocycles. The van der Waals surface area contributed by atoms with Crippen LogP contribution in [0.4, 0.5) is 26.3 Å². The summed E-state index contributed by atoms with van der Waals surface area (Å²) in [7, 11) is 1.13. The summed E-state index contributed by atoms with van der Waals surface area (Å²) < 4.78 is 78.3. The topological polar surface area (TPSA) is 30.7 Å². The van der Waals surface area contributed by atoms with Gasteiger partial charge in [-0.15, -0.1) is 0 Å². The van der Waals surface area contributed by atoms with Gasteiger partial charge in [0.15, 0.2) is 0 Å². The highest BCUT2D eigenvalue weighted by Crippen LogP contribution is 2.38. The molecule has 0 aliphatic heterocycles. The van der Waals surface area contributed by atoms with E-state index >= 15 is 0 Å². The van der Waals surface area contributed by atoms with Crippen molar-refractivity contribution in [3.8, 4) is 11.4 Å². The van der Waals surface area contributed by atoms with Crippen LogP contribution in [-0.4, -0.2) is 14.8 Å². The van der Waals surface area contributed by atoms with Gasteiger partial charge in [0.2, 0.25) is 0 Å². The van der Waals surface area contributed by atoms with Crippen LogP contribution in [0.3, 0.4) is 0 Å². The van der Waals surface area contributed by atoms with Crippen LogP contribution in [0.25, 0.3) is 11.4 Å². The predicted molar refractivity (Wildman–Crippen MR) is 70.7 cm³/mol. The van der Waals surface area contributed by atoms with E-state index in [1.165, 1.54) is 13.8 Å². The lowest BCUT2D eigenvalue weighted by atomic mass is 10.0. The molecule has 3 nitrogen and oxygen atoms in total. The third-order valence-corrected chi connectivity index (χ3v) is 3.49. The summed E-state index contributed by atoms with van der Waals surface area (Å²) in [6.07, 6.45) is -9.18. The van der Waals surface area contributed by atoms with E-state index < -0.39 is 23.6 Å². The van der Waals surface area contributed by atoms with E-state index in [2.05, 4.69) is 10.1 Å². The number of pyridine rings is 1. The van der Waals surface area contributed by atoms with Gasteiger partial charge in [-0.25, -0.2) is 0 Å². The Hall–Kier alpha value is -2.06. The number of nitrogens with zero attached hydrogens (tertiary/aromatic N) is 3. The first-order chi connectivity index (χ1) is 10.3. The third-order valence-electron chi connectivity index (χ3n) is 3.49. The second-order valence-corrected chi connectivity index (χ2v) is 5.23.